The first-order chi connectivity index (χ1) is 8.20. The van der Waals surface area contributed by atoms with Crippen molar-refractivity contribution in [3.8, 4) is 5.88 Å². The topological polar surface area (TPSA) is 48.4 Å². The van der Waals surface area contributed by atoms with Crippen LogP contribution in [0.3, 0.4) is 0 Å². The van der Waals surface area contributed by atoms with Gasteiger partial charge in [0, 0.05) is 23.5 Å². The summed E-state index contributed by atoms with van der Waals surface area (Å²) in [6.45, 7) is 2.69. The molecule has 1 aromatic heterocycles. The summed E-state index contributed by atoms with van der Waals surface area (Å²) in [4.78, 5) is 4.27. The number of ether oxygens (including phenoxy) is 2. The van der Waals surface area contributed by atoms with Crippen LogP contribution in [0.5, 0.6) is 5.88 Å². The van der Waals surface area contributed by atoms with E-state index < -0.39 is 10.8 Å². The Hall–Kier alpha value is -0.940. The van der Waals surface area contributed by atoms with Gasteiger partial charge in [-0.2, -0.15) is 0 Å². The van der Waals surface area contributed by atoms with Gasteiger partial charge in [0.15, 0.2) is 0 Å². The summed E-state index contributed by atoms with van der Waals surface area (Å²) in [6, 6.07) is 5.53. The molecule has 0 aromatic carbocycles. The number of aromatic nitrogens is 1. The van der Waals surface area contributed by atoms with Crippen LogP contribution >= 0.6 is 0 Å². The van der Waals surface area contributed by atoms with Gasteiger partial charge in [-0.3, -0.25) is 4.21 Å². The van der Waals surface area contributed by atoms with Crippen molar-refractivity contribution < 1.29 is 13.7 Å². The number of rotatable bonds is 4. The second-order valence-electron chi connectivity index (χ2n) is 4.10. The van der Waals surface area contributed by atoms with Crippen LogP contribution in [0.25, 0.3) is 0 Å². The molecule has 1 saturated heterocycles. The average Bonchev–Trinajstić information content (AvgIpc) is 2.76. The lowest BCUT2D eigenvalue weighted by Gasteiger charge is -2.13. The lowest BCUT2D eigenvalue weighted by Crippen LogP contribution is -2.24. The molecule has 17 heavy (non-hydrogen) atoms. The summed E-state index contributed by atoms with van der Waals surface area (Å²) in [7, 11) is 0.650. The first kappa shape index (κ1) is 12.5. The molecule has 2 heterocycles. The van der Waals surface area contributed by atoms with Crippen molar-refractivity contribution in [2.75, 3.05) is 13.7 Å². The van der Waals surface area contributed by atoms with E-state index in [0.717, 1.165) is 12.1 Å². The molecular formula is C12H17NO3S. The summed E-state index contributed by atoms with van der Waals surface area (Å²) in [6.07, 6.45) is 0.957. The zero-order valence-electron chi connectivity index (χ0n) is 10.1. The average molecular weight is 255 g/mol. The van der Waals surface area contributed by atoms with E-state index in [0.29, 0.717) is 18.2 Å². The Bertz CT molecular complexity index is 410. The maximum atomic E-state index is 12.2. The van der Waals surface area contributed by atoms with Crippen molar-refractivity contribution >= 4 is 10.8 Å². The molecule has 1 aliphatic rings. The second kappa shape index (κ2) is 5.60. The molecule has 3 atom stereocenters. The van der Waals surface area contributed by atoms with E-state index in [-0.39, 0.29) is 11.4 Å². The van der Waals surface area contributed by atoms with Crippen LogP contribution in [0.4, 0.5) is 0 Å². The number of hydrogen-bond acceptors (Lipinski definition) is 4. The molecule has 0 radical (unpaired) electrons. The second-order valence-corrected chi connectivity index (χ2v) is 5.76. The first-order valence-corrected chi connectivity index (χ1v) is 7.07. The molecule has 5 heteroatoms. The summed E-state index contributed by atoms with van der Waals surface area (Å²) in [5.41, 5.74) is 0.807. The van der Waals surface area contributed by atoms with E-state index in [1.165, 1.54) is 0 Å². The highest BCUT2D eigenvalue weighted by Gasteiger charge is 2.29. The van der Waals surface area contributed by atoms with Crippen molar-refractivity contribution in [3.63, 3.8) is 0 Å². The summed E-state index contributed by atoms with van der Waals surface area (Å²) >= 11 is 0. The van der Waals surface area contributed by atoms with Crippen molar-refractivity contribution in [2.45, 2.75) is 30.5 Å². The molecule has 94 valence electrons. The fraction of sp³-hybridized carbons (Fsp3) is 0.583. The predicted molar refractivity (Wildman–Crippen MR) is 66.5 cm³/mol. The molecule has 1 fully saturated rings. The fourth-order valence-electron chi connectivity index (χ4n) is 1.96. The molecule has 1 aromatic rings. The predicted octanol–water partition coefficient (Wildman–Crippen LogP) is 1.52. The van der Waals surface area contributed by atoms with Crippen LogP contribution in [0, 0.1) is 0 Å². The van der Waals surface area contributed by atoms with Crippen LogP contribution < -0.4 is 4.74 Å². The summed E-state index contributed by atoms with van der Waals surface area (Å²) < 4.78 is 22.7. The minimum atomic E-state index is -0.930. The Labute approximate surface area is 104 Å². The normalized spacial score (nSPS) is 25.8. The van der Waals surface area contributed by atoms with Gasteiger partial charge in [-0.15, -0.1) is 0 Å². The third-order valence-electron chi connectivity index (χ3n) is 2.92. The number of hydrogen-bond donors (Lipinski definition) is 0. The van der Waals surface area contributed by atoms with E-state index >= 15 is 0 Å². The van der Waals surface area contributed by atoms with Gasteiger partial charge in [0.1, 0.15) is 0 Å². The van der Waals surface area contributed by atoms with Crippen molar-refractivity contribution in [2.24, 2.45) is 0 Å². The molecule has 0 bridgehead atoms. The van der Waals surface area contributed by atoms with Gasteiger partial charge in [0.25, 0.3) is 0 Å². The largest absolute Gasteiger partial charge is 0.481 e. The van der Waals surface area contributed by atoms with Gasteiger partial charge in [0.2, 0.25) is 5.88 Å². The number of nitrogens with zero attached hydrogens (tertiary/aromatic N) is 1. The quantitative estimate of drug-likeness (QED) is 0.818. The monoisotopic (exact) mass is 255 g/mol. The van der Waals surface area contributed by atoms with Crippen LogP contribution in [0.1, 0.15) is 19.0 Å². The third-order valence-corrected chi connectivity index (χ3v) is 4.80. The van der Waals surface area contributed by atoms with E-state index in [4.69, 9.17) is 9.47 Å². The highest BCUT2D eigenvalue weighted by atomic mass is 32.2. The Kier molecular flexibility index (Phi) is 4.12. The Morgan fingerprint density at radius 1 is 1.59 bits per heavy atom. The molecule has 0 saturated carbocycles. The molecule has 0 unspecified atom stereocenters. The minimum absolute atomic E-state index is 0.0847. The smallest absolute Gasteiger partial charge is 0.213 e. The van der Waals surface area contributed by atoms with E-state index in [9.17, 15) is 4.21 Å². The van der Waals surface area contributed by atoms with Gasteiger partial charge in [-0.25, -0.2) is 4.98 Å². The number of pyridine rings is 1. The Morgan fingerprint density at radius 2 is 2.41 bits per heavy atom. The maximum absolute atomic E-state index is 12.2. The van der Waals surface area contributed by atoms with Crippen molar-refractivity contribution in [3.05, 3.63) is 23.9 Å². The lowest BCUT2D eigenvalue weighted by molar-refractivity contribution is 0.127. The molecule has 4 nitrogen and oxygen atoms in total. The minimum Gasteiger partial charge on any atom is -0.481 e. The maximum Gasteiger partial charge on any atom is 0.213 e. The van der Waals surface area contributed by atoms with Crippen molar-refractivity contribution in [1.29, 1.82) is 0 Å². The molecule has 0 amide bonds. The highest BCUT2D eigenvalue weighted by molar-refractivity contribution is 7.84. The molecule has 2 rings (SSSR count). The van der Waals surface area contributed by atoms with Crippen LogP contribution in [0.2, 0.25) is 0 Å². The lowest BCUT2D eigenvalue weighted by atomic mass is 10.3. The van der Waals surface area contributed by atoms with E-state index in [1.807, 2.05) is 19.1 Å². The zero-order chi connectivity index (χ0) is 12.3. The number of methoxy groups -OCH3 is 1. The van der Waals surface area contributed by atoms with Gasteiger partial charge in [0.05, 0.1) is 29.9 Å². The van der Waals surface area contributed by atoms with E-state index in [2.05, 4.69) is 4.98 Å². The third kappa shape index (κ3) is 3.04. The van der Waals surface area contributed by atoms with Crippen molar-refractivity contribution in [1.82, 2.24) is 4.98 Å². The fourth-order valence-corrected chi connectivity index (χ4v) is 3.49. The Balaban J connectivity index is 2.02. The zero-order valence-corrected chi connectivity index (χ0v) is 10.9. The van der Waals surface area contributed by atoms with Crippen LogP contribution in [0.15, 0.2) is 18.2 Å². The summed E-state index contributed by atoms with van der Waals surface area (Å²) in [5, 5.41) is 0.128. The Morgan fingerprint density at radius 3 is 3.06 bits per heavy atom. The molecular weight excluding hydrogens is 238 g/mol. The van der Waals surface area contributed by atoms with Gasteiger partial charge >= 0.3 is 0 Å². The highest BCUT2D eigenvalue weighted by Crippen LogP contribution is 2.21. The summed E-state index contributed by atoms with van der Waals surface area (Å²) in [5.74, 6) is 1.03. The van der Waals surface area contributed by atoms with Gasteiger partial charge in [-0.1, -0.05) is 6.07 Å². The van der Waals surface area contributed by atoms with E-state index in [1.54, 1.807) is 13.2 Å². The van der Waals surface area contributed by atoms with Crippen LogP contribution in [-0.2, 0) is 21.3 Å². The van der Waals surface area contributed by atoms with Gasteiger partial charge in [-0.05, 0) is 19.4 Å². The molecule has 0 N–H and O–H groups in total. The molecule has 0 aliphatic carbocycles. The van der Waals surface area contributed by atoms with Gasteiger partial charge < -0.3 is 9.47 Å². The first-order valence-electron chi connectivity index (χ1n) is 5.69. The SMILES string of the molecule is COc1cccc(C[S@](=O)[C@@H]2CCO[C@@H]2C)n1. The standard InChI is InChI=1S/C12H17NO3S/c1-9-11(6-7-16-9)17(14)8-10-4-3-5-12(13-10)15-2/h3-5,9,11H,6-8H2,1-2H3/t9-,11-,17+/m1/s1. The molecule has 1 aliphatic heterocycles. The molecule has 0 spiro atoms. The van der Waals surface area contributed by atoms with Crippen LogP contribution in [-0.4, -0.2) is 34.3 Å².